The standard InChI is InChI=1S/C11H18N2O2/c1-11(2,10(14)15)8-13-6-4-9-3-5-12-7-9/h3,5,7,12-13H,4,6,8H2,1-2H3,(H,14,15). The van der Waals surface area contributed by atoms with Crippen LogP contribution in [0.5, 0.6) is 0 Å². The predicted octanol–water partition coefficient (Wildman–Crippen LogP) is 1.26. The molecule has 0 saturated carbocycles. The van der Waals surface area contributed by atoms with Gasteiger partial charge in [-0.25, -0.2) is 0 Å². The normalized spacial score (nSPS) is 11.6. The van der Waals surface area contributed by atoms with E-state index >= 15 is 0 Å². The molecule has 0 aliphatic rings. The van der Waals surface area contributed by atoms with E-state index in [2.05, 4.69) is 10.3 Å². The molecular formula is C11H18N2O2. The van der Waals surface area contributed by atoms with Gasteiger partial charge < -0.3 is 15.4 Å². The second kappa shape index (κ2) is 4.98. The maximum absolute atomic E-state index is 10.8. The van der Waals surface area contributed by atoms with Gasteiger partial charge in [-0.05, 0) is 38.4 Å². The van der Waals surface area contributed by atoms with Crippen LogP contribution in [-0.2, 0) is 11.2 Å². The number of carbonyl (C=O) groups is 1. The first kappa shape index (κ1) is 11.8. The second-order valence-corrected chi connectivity index (χ2v) is 4.34. The van der Waals surface area contributed by atoms with E-state index in [-0.39, 0.29) is 0 Å². The maximum atomic E-state index is 10.8. The van der Waals surface area contributed by atoms with Crippen molar-refractivity contribution in [2.24, 2.45) is 5.41 Å². The summed E-state index contributed by atoms with van der Waals surface area (Å²) in [5.74, 6) is -0.767. The van der Waals surface area contributed by atoms with Crippen LogP contribution in [0.25, 0.3) is 0 Å². The lowest BCUT2D eigenvalue weighted by atomic mass is 9.94. The van der Waals surface area contributed by atoms with Crippen molar-refractivity contribution in [1.82, 2.24) is 10.3 Å². The topological polar surface area (TPSA) is 65.1 Å². The Balaban J connectivity index is 2.19. The predicted molar refractivity (Wildman–Crippen MR) is 58.8 cm³/mol. The Labute approximate surface area is 89.7 Å². The van der Waals surface area contributed by atoms with Crippen LogP contribution < -0.4 is 5.32 Å². The van der Waals surface area contributed by atoms with E-state index in [1.165, 1.54) is 5.56 Å². The molecule has 0 aromatic carbocycles. The summed E-state index contributed by atoms with van der Waals surface area (Å²) < 4.78 is 0. The number of hydrogen-bond donors (Lipinski definition) is 3. The number of carboxylic acid groups (broad SMARTS) is 1. The van der Waals surface area contributed by atoms with E-state index in [9.17, 15) is 4.79 Å². The van der Waals surface area contributed by atoms with E-state index < -0.39 is 11.4 Å². The minimum atomic E-state index is -0.767. The van der Waals surface area contributed by atoms with Crippen molar-refractivity contribution >= 4 is 5.97 Å². The molecule has 0 unspecified atom stereocenters. The highest BCUT2D eigenvalue weighted by Gasteiger charge is 2.26. The third-order valence-electron chi connectivity index (χ3n) is 2.40. The number of H-pyrrole nitrogens is 1. The fourth-order valence-electron chi connectivity index (χ4n) is 1.22. The molecule has 15 heavy (non-hydrogen) atoms. The third kappa shape index (κ3) is 3.75. The first-order chi connectivity index (χ1) is 7.02. The van der Waals surface area contributed by atoms with Crippen molar-refractivity contribution in [3.05, 3.63) is 24.0 Å². The molecule has 0 bridgehead atoms. The average Bonchev–Trinajstić information content (AvgIpc) is 2.64. The quantitative estimate of drug-likeness (QED) is 0.619. The molecule has 1 aromatic rings. The van der Waals surface area contributed by atoms with Gasteiger partial charge in [0.2, 0.25) is 0 Å². The lowest BCUT2D eigenvalue weighted by Crippen LogP contribution is -2.36. The zero-order chi connectivity index (χ0) is 11.3. The fraction of sp³-hybridized carbons (Fsp3) is 0.545. The summed E-state index contributed by atoms with van der Waals surface area (Å²) in [5, 5.41) is 12.0. The first-order valence-corrected chi connectivity index (χ1v) is 5.08. The summed E-state index contributed by atoms with van der Waals surface area (Å²) in [5.41, 5.74) is 0.536. The summed E-state index contributed by atoms with van der Waals surface area (Å²) in [6.07, 6.45) is 4.75. The van der Waals surface area contributed by atoms with Crippen molar-refractivity contribution in [3.8, 4) is 0 Å². The van der Waals surface area contributed by atoms with Gasteiger partial charge in [0.15, 0.2) is 0 Å². The molecule has 0 aliphatic carbocycles. The van der Waals surface area contributed by atoms with E-state index in [0.29, 0.717) is 6.54 Å². The number of aliphatic carboxylic acids is 1. The molecule has 0 fully saturated rings. The van der Waals surface area contributed by atoms with Crippen molar-refractivity contribution in [2.75, 3.05) is 13.1 Å². The average molecular weight is 210 g/mol. The highest BCUT2D eigenvalue weighted by molar-refractivity contribution is 5.73. The highest BCUT2D eigenvalue weighted by atomic mass is 16.4. The monoisotopic (exact) mass is 210 g/mol. The Bertz CT molecular complexity index is 304. The van der Waals surface area contributed by atoms with Gasteiger partial charge in [0.1, 0.15) is 0 Å². The molecule has 1 heterocycles. The molecule has 0 aliphatic heterocycles. The maximum Gasteiger partial charge on any atom is 0.310 e. The molecule has 1 rings (SSSR count). The smallest absolute Gasteiger partial charge is 0.310 e. The zero-order valence-corrected chi connectivity index (χ0v) is 9.21. The summed E-state index contributed by atoms with van der Waals surface area (Å²) in [7, 11) is 0. The number of rotatable bonds is 6. The number of nitrogens with one attached hydrogen (secondary N) is 2. The summed E-state index contributed by atoms with van der Waals surface area (Å²) in [6, 6.07) is 2.02. The van der Waals surface area contributed by atoms with Crippen LogP contribution in [0.3, 0.4) is 0 Å². The molecule has 0 spiro atoms. The van der Waals surface area contributed by atoms with E-state index in [1.54, 1.807) is 13.8 Å². The van der Waals surface area contributed by atoms with Crippen LogP contribution in [0.15, 0.2) is 18.5 Å². The van der Waals surface area contributed by atoms with Crippen LogP contribution >= 0.6 is 0 Å². The summed E-state index contributed by atoms with van der Waals surface area (Å²) in [6.45, 7) is 4.73. The number of carboxylic acids is 1. The van der Waals surface area contributed by atoms with Crippen molar-refractivity contribution in [3.63, 3.8) is 0 Å². The van der Waals surface area contributed by atoms with Gasteiger partial charge >= 0.3 is 5.97 Å². The number of aromatic amines is 1. The number of aromatic nitrogens is 1. The molecule has 4 nitrogen and oxygen atoms in total. The van der Waals surface area contributed by atoms with Gasteiger partial charge in [-0.3, -0.25) is 4.79 Å². The van der Waals surface area contributed by atoms with Gasteiger partial charge in [-0.1, -0.05) is 0 Å². The molecule has 0 amide bonds. The SMILES string of the molecule is CC(C)(CNCCc1cc[nH]c1)C(=O)O. The second-order valence-electron chi connectivity index (χ2n) is 4.34. The zero-order valence-electron chi connectivity index (χ0n) is 9.21. The molecule has 0 saturated heterocycles. The van der Waals surface area contributed by atoms with Gasteiger partial charge in [0.25, 0.3) is 0 Å². The molecule has 0 atom stereocenters. The van der Waals surface area contributed by atoms with Crippen LogP contribution in [0.1, 0.15) is 19.4 Å². The van der Waals surface area contributed by atoms with Gasteiger partial charge in [0.05, 0.1) is 5.41 Å². The molecule has 3 N–H and O–H groups in total. The lowest BCUT2D eigenvalue weighted by Gasteiger charge is -2.19. The van der Waals surface area contributed by atoms with E-state index in [0.717, 1.165) is 13.0 Å². The van der Waals surface area contributed by atoms with Crippen molar-refractivity contribution in [2.45, 2.75) is 20.3 Å². The van der Waals surface area contributed by atoms with Crippen LogP contribution in [-0.4, -0.2) is 29.1 Å². The third-order valence-corrected chi connectivity index (χ3v) is 2.40. The van der Waals surface area contributed by atoms with Gasteiger partial charge in [0, 0.05) is 18.9 Å². The van der Waals surface area contributed by atoms with E-state index in [4.69, 9.17) is 5.11 Å². The highest BCUT2D eigenvalue weighted by Crippen LogP contribution is 2.12. The summed E-state index contributed by atoms with van der Waals surface area (Å²) in [4.78, 5) is 13.8. The largest absolute Gasteiger partial charge is 0.481 e. The Morgan fingerprint density at radius 2 is 2.33 bits per heavy atom. The lowest BCUT2D eigenvalue weighted by molar-refractivity contribution is -0.146. The molecule has 4 heteroatoms. The number of hydrogen-bond acceptors (Lipinski definition) is 2. The Morgan fingerprint density at radius 3 is 2.87 bits per heavy atom. The molecule has 1 aromatic heterocycles. The summed E-state index contributed by atoms with van der Waals surface area (Å²) >= 11 is 0. The molecule has 84 valence electrons. The van der Waals surface area contributed by atoms with Gasteiger partial charge in [-0.2, -0.15) is 0 Å². The first-order valence-electron chi connectivity index (χ1n) is 5.08. The minimum absolute atomic E-state index is 0.493. The molecule has 0 radical (unpaired) electrons. The Morgan fingerprint density at radius 1 is 1.60 bits per heavy atom. The van der Waals surface area contributed by atoms with Gasteiger partial charge in [-0.15, -0.1) is 0 Å². The Hall–Kier alpha value is -1.29. The van der Waals surface area contributed by atoms with Crippen molar-refractivity contribution in [1.29, 1.82) is 0 Å². The van der Waals surface area contributed by atoms with Crippen LogP contribution in [0.2, 0.25) is 0 Å². The van der Waals surface area contributed by atoms with E-state index in [1.807, 2.05) is 18.5 Å². The van der Waals surface area contributed by atoms with Crippen molar-refractivity contribution < 1.29 is 9.90 Å². The Kier molecular flexibility index (Phi) is 3.91. The van der Waals surface area contributed by atoms with Crippen LogP contribution in [0, 0.1) is 5.41 Å². The van der Waals surface area contributed by atoms with Crippen LogP contribution in [0.4, 0.5) is 0 Å². The minimum Gasteiger partial charge on any atom is -0.481 e. The molecular weight excluding hydrogens is 192 g/mol. The fourth-order valence-corrected chi connectivity index (χ4v) is 1.22.